The maximum atomic E-state index is 12.7. The van der Waals surface area contributed by atoms with Gasteiger partial charge in [0.1, 0.15) is 4.90 Å². The molecule has 0 radical (unpaired) electrons. The van der Waals surface area contributed by atoms with E-state index in [2.05, 4.69) is 24.0 Å². The molecule has 2 heterocycles. The summed E-state index contributed by atoms with van der Waals surface area (Å²) in [6, 6.07) is 0.0408. The number of amides is 1. The Hall–Kier alpha value is -1.41. The second-order valence-electron chi connectivity index (χ2n) is 6.09. The molecule has 0 saturated carbocycles. The van der Waals surface area contributed by atoms with Crippen molar-refractivity contribution in [2.75, 3.05) is 6.54 Å². The lowest BCUT2D eigenvalue weighted by Gasteiger charge is -2.40. The number of H-pyrrole nitrogens is 1. The number of piperidine rings is 1. The Morgan fingerprint density at radius 3 is 2.57 bits per heavy atom. The van der Waals surface area contributed by atoms with Crippen molar-refractivity contribution >= 4 is 15.9 Å². The van der Waals surface area contributed by atoms with Crippen molar-refractivity contribution in [1.82, 2.24) is 15.1 Å². The molecule has 3 unspecified atom stereocenters. The average molecular weight is 314 g/mol. The molecule has 118 valence electrons. The number of primary sulfonamides is 1. The average Bonchev–Trinajstić information content (AvgIpc) is 2.74. The van der Waals surface area contributed by atoms with Crippen LogP contribution in [0.3, 0.4) is 0 Å². The molecule has 1 aliphatic heterocycles. The second kappa shape index (κ2) is 5.42. The molecule has 21 heavy (non-hydrogen) atoms. The van der Waals surface area contributed by atoms with Gasteiger partial charge in [0.15, 0.2) is 5.69 Å². The Labute approximate surface area is 124 Å². The van der Waals surface area contributed by atoms with Gasteiger partial charge >= 0.3 is 0 Å². The summed E-state index contributed by atoms with van der Waals surface area (Å²) in [5.41, 5.74) is 0.176. The molecule has 7 nitrogen and oxygen atoms in total. The largest absolute Gasteiger partial charge is 0.334 e. The van der Waals surface area contributed by atoms with Gasteiger partial charge in [0.2, 0.25) is 10.0 Å². The summed E-state index contributed by atoms with van der Waals surface area (Å²) >= 11 is 0. The number of likely N-dealkylation sites (tertiary alicyclic amines) is 1. The van der Waals surface area contributed by atoms with Gasteiger partial charge in [-0.1, -0.05) is 13.8 Å². The maximum absolute atomic E-state index is 12.7. The zero-order valence-electron chi connectivity index (χ0n) is 12.8. The van der Waals surface area contributed by atoms with Gasteiger partial charge in [-0.2, -0.15) is 5.10 Å². The molecule has 2 rings (SSSR count). The van der Waals surface area contributed by atoms with Crippen LogP contribution in [0.2, 0.25) is 0 Å². The van der Waals surface area contributed by atoms with Crippen LogP contribution in [0.5, 0.6) is 0 Å². The normalized spacial score (nSPS) is 26.9. The van der Waals surface area contributed by atoms with Gasteiger partial charge in [0.25, 0.3) is 5.91 Å². The van der Waals surface area contributed by atoms with E-state index in [1.54, 1.807) is 4.90 Å². The second-order valence-corrected chi connectivity index (χ2v) is 7.59. The minimum absolute atomic E-state index is 0.0408. The Kier molecular flexibility index (Phi) is 4.12. The van der Waals surface area contributed by atoms with Crippen LogP contribution in [-0.4, -0.2) is 42.0 Å². The first-order chi connectivity index (χ1) is 9.62. The topological polar surface area (TPSA) is 109 Å². The predicted octanol–water partition coefficient (Wildman–Crippen LogP) is 0.872. The number of hydrogen-bond acceptors (Lipinski definition) is 4. The van der Waals surface area contributed by atoms with E-state index in [9.17, 15) is 13.2 Å². The van der Waals surface area contributed by atoms with Gasteiger partial charge in [-0.15, -0.1) is 0 Å². The van der Waals surface area contributed by atoms with E-state index >= 15 is 0 Å². The lowest BCUT2D eigenvalue weighted by atomic mass is 9.86. The third-order valence-electron chi connectivity index (χ3n) is 4.24. The van der Waals surface area contributed by atoms with Gasteiger partial charge in [-0.25, -0.2) is 13.6 Å². The highest BCUT2D eigenvalue weighted by atomic mass is 32.2. The molecule has 8 heteroatoms. The Balaban J connectivity index is 2.41. The molecule has 0 aromatic carbocycles. The lowest BCUT2D eigenvalue weighted by molar-refractivity contribution is 0.0446. The molecular weight excluding hydrogens is 292 g/mol. The predicted molar refractivity (Wildman–Crippen MR) is 78.1 cm³/mol. The lowest BCUT2D eigenvalue weighted by Crippen LogP contribution is -2.49. The SMILES string of the molecule is Cc1[nH]nc(C(=O)N2CC(C)CC(C)C2C)c1S(N)(=O)=O. The zero-order valence-corrected chi connectivity index (χ0v) is 13.6. The number of aromatic amines is 1. The van der Waals surface area contributed by atoms with Gasteiger partial charge in [-0.05, 0) is 32.1 Å². The molecule has 0 aliphatic carbocycles. The fraction of sp³-hybridized carbons (Fsp3) is 0.692. The monoisotopic (exact) mass is 314 g/mol. The highest BCUT2D eigenvalue weighted by molar-refractivity contribution is 7.89. The van der Waals surface area contributed by atoms with E-state index < -0.39 is 10.0 Å². The number of aryl methyl sites for hydroxylation is 1. The van der Waals surface area contributed by atoms with Gasteiger partial charge in [0.05, 0.1) is 5.69 Å². The summed E-state index contributed by atoms with van der Waals surface area (Å²) in [5.74, 6) is 0.350. The van der Waals surface area contributed by atoms with Crippen LogP contribution < -0.4 is 5.14 Å². The van der Waals surface area contributed by atoms with Gasteiger partial charge in [0, 0.05) is 12.6 Å². The van der Waals surface area contributed by atoms with Gasteiger partial charge < -0.3 is 4.90 Å². The fourth-order valence-electron chi connectivity index (χ4n) is 3.03. The number of carbonyl (C=O) groups excluding carboxylic acids is 1. The minimum atomic E-state index is -3.99. The van der Waals surface area contributed by atoms with E-state index in [0.29, 0.717) is 18.4 Å². The molecule has 0 spiro atoms. The smallest absolute Gasteiger partial charge is 0.276 e. The van der Waals surface area contributed by atoms with Crippen molar-refractivity contribution in [2.24, 2.45) is 17.0 Å². The molecule has 1 aliphatic rings. The first kappa shape index (κ1) is 16.0. The van der Waals surface area contributed by atoms with Crippen molar-refractivity contribution in [3.05, 3.63) is 11.4 Å². The van der Waals surface area contributed by atoms with Crippen LogP contribution in [0.25, 0.3) is 0 Å². The number of nitrogens with one attached hydrogen (secondary N) is 1. The highest BCUT2D eigenvalue weighted by Gasteiger charge is 2.36. The van der Waals surface area contributed by atoms with Crippen LogP contribution in [0.15, 0.2) is 4.90 Å². The third-order valence-corrected chi connectivity index (χ3v) is 5.31. The number of aromatic nitrogens is 2. The van der Waals surface area contributed by atoms with E-state index in [-0.39, 0.29) is 28.2 Å². The third kappa shape index (κ3) is 2.96. The van der Waals surface area contributed by atoms with Crippen molar-refractivity contribution < 1.29 is 13.2 Å². The number of sulfonamides is 1. The number of carbonyl (C=O) groups is 1. The molecule has 1 amide bonds. The summed E-state index contributed by atoms with van der Waals surface area (Å²) in [6.07, 6.45) is 1.05. The molecule has 3 atom stereocenters. The molecule has 3 N–H and O–H groups in total. The van der Waals surface area contributed by atoms with Crippen molar-refractivity contribution in [1.29, 1.82) is 0 Å². The van der Waals surface area contributed by atoms with Crippen LogP contribution >= 0.6 is 0 Å². The van der Waals surface area contributed by atoms with Crippen LogP contribution in [0.4, 0.5) is 0 Å². The first-order valence-electron chi connectivity index (χ1n) is 7.01. The van der Waals surface area contributed by atoms with Crippen LogP contribution in [0.1, 0.15) is 43.4 Å². The van der Waals surface area contributed by atoms with E-state index in [1.807, 2.05) is 6.92 Å². The summed E-state index contributed by atoms with van der Waals surface area (Å²) in [6.45, 7) is 8.29. The molecule has 1 aromatic heterocycles. The summed E-state index contributed by atoms with van der Waals surface area (Å²) < 4.78 is 23.4. The minimum Gasteiger partial charge on any atom is -0.334 e. The molecule has 1 fully saturated rings. The first-order valence-corrected chi connectivity index (χ1v) is 8.56. The molecule has 0 bridgehead atoms. The maximum Gasteiger partial charge on any atom is 0.276 e. The van der Waals surface area contributed by atoms with E-state index in [0.717, 1.165) is 6.42 Å². The Bertz CT molecular complexity index is 652. The van der Waals surface area contributed by atoms with Crippen LogP contribution in [-0.2, 0) is 10.0 Å². The Morgan fingerprint density at radius 1 is 1.38 bits per heavy atom. The van der Waals surface area contributed by atoms with Crippen molar-refractivity contribution in [3.8, 4) is 0 Å². The van der Waals surface area contributed by atoms with Gasteiger partial charge in [-0.3, -0.25) is 9.89 Å². The number of hydrogen-bond donors (Lipinski definition) is 2. The number of nitrogens with zero attached hydrogens (tertiary/aromatic N) is 2. The van der Waals surface area contributed by atoms with E-state index in [1.165, 1.54) is 6.92 Å². The standard InChI is InChI=1S/C13H22N4O3S/c1-7-5-8(2)10(4)17(6-7)13(18)11-12(21(14,19)20)9(3)15-16-11/h7-8,10H,5-6H2,1-4H3,(H,15,16)(H2,14,19,20). The Morgan fingerprint density at radius 2 is 2.00 bits per heavy atom. The van der Waals surface area contributed by atoms with Crippen LogP contribution in [0, 0.1) is 18.8 Å². The summed E-state index contributed by atoms with van der Waals surface area (Å²) in [7, 11) is -3.99. The number of nitrogens with two attached hydrogens (primary N) is 1. The van der Waals surface area contributed by atoms with E-state index in [4.69, 9.17) is 5.14 Å². The summed E-state index contributed by atoms with van der Waals surface area (Å²) in [4.78, 5) is 14.2. The zero-order chi connectivity index (χ0) is 15.9. The van der Waals surface area contributed by atoms with Crippen molar-refractivity contribution in [3.63, 3.8) is 0 Å². The molecule has 1 aromatic rings. The number of rotatable bonds is 2. The summed E-state index contributed by atoms with van der Waals surface area (Å²) in [5, 5.41) is 11.6. The molecular formula is C13H22N4O3S. The quantitative estimate of drug-likeness (QED) is 0.844. The molecule has 1 saturated heterocycles. The van der Waals surface area contributed by atoms with Crippen molar-refractivity contribution in [2.45, 2.75) is 45.1 Å². The fourth-order valence-corrected chi connectivity index (χ4v) is 3.91. The highest BCUT2D eigenvalue weighted by Crippen LogP contribution is 2.29.